The van der Waals surface area contributed by atoms with E-state index in [1.807, 2.05) is 18.2 Å². The molecule has 112 valence electrons. The first-order chi connectivity index (χ1) is 10.1. The van der Waals surface area contributed by atoms with E-state index in [-0.39, 0.29) is 12.3 Å². The number of carbonyl (C=O) groups excluding carboxylic acids is 1. The van der Waals surface area contributed by atoms with Crippen molar-refractivity contribution in [1.82, 2.24) is 4.90 Å². The topological polar surface area (TPSA) is 78.9 Å². The first kappa shape index (κ1) is 13.9. The van der Waals surface area contributed by atoms with Gasteiger partial charge in [0.25, 0.3) is 5.91 Å². The molecule has 0 aliphatic carbocycles. The van der Waals surface area contributed by atoms with Crippen molar-refractivity contribution in [2.45, 2.75) is 18.9 Å². The van der Waals surface area contributed by atoms with Gasteiger partial charge in [0.2, 0.25) is 0 Å². The Hall–Kier alpha value is -2.08. The first-order valence-electron chi connectivity index (χ1n) is 7.13. The molecular formula is C15H18N2O4. The summed E-state index contributed by atoms with van der Waals surface area (Å²) in [4.78, 5) is 25.0. The molecule has 2 heterocycles. The maximum Gasteiger partial charge on any atom is 0.306 e. The number of nitrogens with zero attached hydrogens (tertiary/aromatic N) is 1. The monoisotopic (exact) mass is 290 g/mol. The van der Waals surface area contributed by atoms with E-state index in [4.69, 9.17) is 9.84 Å². The molecule has 6 heteroatoms. The molecule has 0 spiro atoms. The highest BCUT2D eigenvalue weighted by Gasteiger charge is 2.27. The lowest BCUT2D eigenvalue weighted by Crippen LogP contribution is -2.46. The fourth-order valence-electron chi connectivity index (χ4n) is 2.83. The number of rotatable bonds is 3. The van der Waals surface area contributed by atoms with Gasteiger partial charge < -0.3 is 20.1 Å². The second kappa shape index (κ2) is 5.73. The number of hydrogen-bond acceptors (Lipinski definition) is 4. The van der Waals surface area contributed by atoms with Crippen LogP contribution in [-0.2, 0) is 16.0 Å². The van der Waals surface area contributed by atoms with Gasteiger partial charge in [0.15, 0.2) is 0 Å². The molecule has 0 aromatic heterocycles. The van der Waals surface area contributed by atoms with Gasteiger partial charge in [-0.05, 0) is 24.1 Å². The molecule has 1 saturated heterocycles. The van der Waals surface area contributed by atoms with Crippen LogP contribution in [-0.4, -0.2) is 54.2 Å². The van der Waals surface area contributed by atoms with E-state index in [2.05, 4.69) is 5.32 Å². The summed E-state index contributed by atoms with van der Waals surface area (Å²) in [6.45, 7) is 2.12. The van der Waals surface area contributed by atoms with E-state index >= 15 is 0 Å². The summed E-state index contributed by atoms with van der Waals surface area (Å²) in [5.74, 6) is -0.971. The van der Waals surface area contributed by atoms with Crippen molar-refractivity contribution in [3.05, 3.63) is 29.3 Å². The van der Waals surface area contributed by atoms with Crippen LogP contribution in [0.2, 0.25) is 0 Å². The SMILES string of the molecule is O=C(O)CC1CN(C(=O)c2ccc3c(c2)NCC3)CCO1. The zero-order valence-electron chi connectivity index (χ0n) is 11.7. The normalized spacial score (nSPS) is 20.8. The van der Waals surface area contributed by atoms with Gasteiger partial charge in [-0.15, -0.1) is 0 Å². The number of hydrogen-bond donors (Lipinski definition) is 2. The quantitative estimate of drug-likeness (QED) is 0.867. The van der Waals surface area contributed by atoms with E-state index in [0.29, 0.717) is 25.3 Å². The number of fused-ring (bicyclic) bond motifs is 1. The lowest BCUT2D eigenvalue weighted by Gasteiger charge is -2.32. The zero-order chi connectivity index (χ0) is 14.8. The summed E-state index contributed by atoms with van der Waals surface area (Å²) in [6, 6.07) is 5.71. The zero-order valence-corrected chi connectivity index (χ0v) is 11.7. The van der Waals surface area contributed by atoms with Crippen LogP contribution in [0, 0.1) is 0 Å². The van der Waals surface area contributed by atoms with Crippen LogP contribution in [0.1, 0.15) is 22.3 Å². The fourth-order valence-corrected chi connectivity index (χ4v) is 2.83. The molecule has 0 bridgehead atoms. The van der Waals surface area contributed by atoms with Gasteiger partial charge in [-0.3, -0.25) is 9.59 Å². The number of carboxylic acid groups (broad SMARTS) is 1. The molecule has 21 heavy (non-hydrogen) atoms. The number of ether oxygens (including phenoxy) is 1. The van der Waals surface area contributed by atoms with E-state index in [0.717, 1.165) is 18.7 Å². The van der Waals surface area contributed by atoms with Crippen LogP contribution in [0.3, 0.4) is 0 Å². The average Bonchev–Trinajstić information content (AvgIpc) is 2.93. The minimum Gasteiger partial charge on any atom is -0.481 e. The van der Waals surface area contributed by atoms with Crippen molar-refractivity contribution in [1.29, 1.82) is 0 Å². The van der Waals surface area contributed by atoms with Crippen LogP contribution in [0.25, 0.3) is 0 Å². The molecule has 1 atom stereocenters. The summed E-state index contributed by atoms with van der Waals surface area (Å²) in [6.07, 6.45) is 0.491. The van der Waals surface area contributed by atoms with Crippen LogP contribution in [0.4, 0.5) is 5.69 Å². The molecule has 1 amide bonds. The minimum absolute atomic E-state index is 0.0646. The lowest BCUT2D eigenvalue weighted by molar-refractivity contribution is -0.141. The summed E-state index contributed by atoms with van der Waals surface area (Å²) < 4.78 is 5.39. The van der Waals surface area contributed by atoms with E-state index < -0.39 is 12.1 Å². The van der Waals surface area contributed by atoms with Gasteiger partial charge >= 0.3 is 5.97 Å². The highest BCUT2D eigenvalue weighted by atomic mass is 16.5. The van der Waals surface area contributed by atoms with E-state index in [1.165, 1.54) is 5.56 Å². The number of morpholine rings is 1. The van der Waals surface area contributed by atoms with Crippen molar-refractivity contribution in [2.75, 3.05) is 31.6 Å². The summed E-state index contributed by atoms with van der Waals surface area (Å²) in [5, 5.41) is 12.1. The minimum atomic E-state index is -0.906. The van der Waals surface area contributed by atoms with Gasteiger partial charge in [0.1, 0.15) is 0 Å². The fraction of sp³-hybridized carbons (Fsp3) is 0.467. The van der Waals surface area contributed by atoms with Crippen LogP contribution >= 0.6 is 0 Å². The van der Waals surface area contributed by atoms with E-state index in [9.17, 15) is 9.59 Å². The molecule has 1 aromatic rings. The molecule has 6 nitrogen and oxygen atoms in total. The predicted octanol–water partition coefficient (Wildman–Crippen LogP) is 0.970. The smallest absolute Gasteiger partial charge is 0.306 e. The largest absolute Gasteiger partial charge is 0.481 e. The maximum absolute atomic E-state index is 12.5. The van der Waals surface area contributed by atoms with Gasteiger partial charge in [-0.1, -0.05) is 6.07 Å². The Bertz CT molecular complexity index is 573. The summed E-state index contributed by atoms with van der Waals surface area (Å²) >= 11 is 0. The number of nitrogens with one attached hydrogen (secondary N) is 1. The van der Waals surface area contributed by atoms with E-state index in [1.54, 1.807) is 4.90 Å². The van der Waals surface area contributed by atoms with Crippen molar-refractivity contribution in [2.24, 2.45) is 0 Å². The molecule has 2 N–H and O–H groups in total. The number of amides is 1. The Morgan fingerprint density at radius 1 is 1.43 bits per heavy atom. The Kier molecular flexibility index (Phi) is 3.79. The lowest BCUT2D eigenvalue weighted by atomic mass is 10.1. The standard InChI is InChI=1S/C15H18N2O4/c18-14(19)8-12-9-17(5-6-21-12)15(20)11-2-1-10-3-4-16-13(10)7-11/h1-2,7,12,16H,3-6,8-9H2,(H,18,19). The third-order valence-electron chi connectivity index (χ3n) is 3.89. The predicted molar refractivity (Wildman–Crippen MR) is 76.5 cm³/mol. The highest BCUT2D eigenvalue weighted by Crippen LogP contribution is 2.24. The molecule has 0 radical (unpaired) electrons. The number of benzene rings is 1. The summed E-state index contributed by atoms with van der Waals surface area (Å²) in [5.41, 5.74) is 2.90. The molecule has 2 aliphatic rings. The third-order valence-corrected chi connectivity index (χ3v) is 3.89. The number of carboxylic acids is 1. The van der Waals surface area contributed by atoms with Crippen LogP contribution in [0.5, 0.6) is 0 Å². The third kappa shape index (κ3) is 3.00. The Balaban J connectivity index is 1.71. The van der Waals surface area contributed by atoms with Crippen LogP contribution < -0.4 is 5.32 Å². The Morgan fingerprint density at radius 3 is 3.10 bits per heavy atom. The molecule has 3 rings (SSSR count). The highest BCUT2D eigenvalue weighted by molar-refractivity contribution is 5.95. The summed E-state index contributed by atoms with van der Waals surface area (Å²) in [7, 11) is 0. The van der Waals surface area contributed by atoms with Gasteiger partial charge in [0, 0.05) is 30.9 Å². The molecule has 0 saturated carbocycles. The van der Waals surface area contributed by atoms with Crippen molar-refractivity contribution >= 4 is 17.6 Å². The first-order valence-corrected chi connectivity index (χ1v) is 7.13. The van der Waals surface area contributed by atoms with Crippen molar-refractivity contribution in [3.63, 3.8) is 0 Å². The Labute approximate surface area is 122 Å². The maximum atomic E-state index is 12.5. The average molecular weight is 290 g/mol. The molecule has 2 aliphatic heterocycles. The molecule has 1 aromatic carbocycles. The van der Waals surface area contributed by atoms with Gasteiger partial charge in [0.05, 0.1) is 19.1 Å². The van der Waals surface area contributed by atoms with Gasteiger partial charge in [-0.25, -0.2) is 0 Å². The number of aliphatic carboxylic acids is 1. The second-order valence-electron chi connectivity index (χ2n) is 5.39. The van der Waals surface area contributed by atoms with Gasteiger partial charge in [-0.2, -0.15) is 0 Å². The number of anilines is 1. The van der Waals surface area contributed by atoms with Crippen LogP contribution in [0.15, 0.2) is 18.2 Å². The number of carbonyl (C=O) groups is 2. The Morgan fingerprint density at radius 2 is 2.29 bits per heavy atom. The molecule has 1 unspecified atom stereocenters. The molecule has 1 fully saturated rings. The molecular weight excluding hydrogens is 272 g/mol. The second-order valence-corrected chi connectivity index (χ2v) is 5.39. The van der Waals surface area contributed by atoms with Crippen molar-refractivity contribution < 1.29 is 19.4 Å². The van der Waals surface area contributed by atoms with Crippen molar-refractivity contribution in [3.8, 4) is 0 Å².